The van der Waals surface area contributed by atoms with Gasteiger partial charge >= 0.3 is 0 Å². The molecule has 1 aromatic heterocycles. The summed E-state index contributed by atoms with van der Waals surface area (Å²) < 4.78 is 4.96. The quantitative estimate of drug-likeness (QED) is 0.786. The van der Waals surface area contributed by atoms with Crippen LogP contribution in [-0.4, -0.2) is 71.3 Å². The van der Waals surface area contributed by atoms with E-state index >= 15 is 0 Å². The van der Waals surface area contributed by atoms with E-state index in [0.29, 0.717) is 18.1 Å². The number of aromatic nitrogens is 1. The number of carbonyl (C=O) groups is 1. The van der Waals surface area contributed by atoms with E-state index in [1.54, 1.807) is 13.0 Å². The minimum absolute atomic E-state index is 0.0404. The Labute approximate surface area is 124 Å². The summed E-state index contributed by atoms with van der Waals surface area (Å²) in [5.74, 6) is 1.10. The lowest BCUT2D eigenvalue weighted by Crippen LogP contribution is -2.54. The predicted molar refractivity (Wildman–Crippen MR) is 79.0 cm³/mol. The first-order valence-corrected chi connectivity index (χ1v) is 7.45. The third-order valence-electron chi connectivity index (χ3n) is 3.83. The van der Waals surface area contributed by atoms with Crippen LogP contribution in [0.4, 0.5) is 5.82 Å². The Morgan fingerprint density at radius 1 is 1.48 bits per heavy atom. The molecule has 1 unspecified atom stereocenters. The highest BCUT2D eigenvalue weighted by atomic mass is 16.5. The lowest BCUT2D eigenvalue weighted by molar-refractivity contribution is -0.122. The second-order valence-corrected chi connectivity index (χ2v) is 5.34. The number of anilines is 1. The van der Waals surface area contributed by atoms with Crippen LogP contribution in [0.1, 0.15) is 19.1 Å². The lowest BCUT2D eigenvalue weighted by Gasteiger charge is -2.38. The average molecular weight is 296 g/mol. The first kappa shape index (κ1) is 15.9. The molecule has 7 nitrogen and oxygen atoms in total. The van der Waals surface area contributed by atoms with E-state index in [1.807, 2.05) is 6.92 Å². The highest BCUT2D eigenvalue weighted by Gasteiger charge is 2.28. The number of nitrogens with zero attached hydrogens (tertiary/aromatic N) is 3. The molecule has 1 aromatic rings. The molecule has 0 bridgehead atoms. The van der Waals surface area contributed by atoms with Crippen LogP contribution in [0, 0.1) is 6.92 Å². The number of aliphatic hydroxyl groups is 1. The van der Waals surface area contributed by atoms with E-state index in [2.05, 4.69) is 20.3 Å². The molecule has 1 aliphatic heterocycles. The normalized spacial score (nSPS) is 18.6. The van der Waals surface area contributed by atoms with Crippen LogP contribution in [0.2, 0.25) is 0 Å². The monoisotopic (exact) mass is 296 g/mol. The molecule has 0 aliphatic carbocycles. The van der Waals surface area contributed by atoms with Crippen molar-refractivity contribution in [3.8, 4) is 0 Å². The van der Waals surface area contributed by atoms with Crippen molar-refractivity contribution in [2.24, 2.45) is 0 Å². The molecule has 0 spiro atoms. The van der Waals surface area contributed by atoms with Gasteiger partial charge in [0.25, 0.3) is 0 Å². The summed E-state index contributed by atoms with van der Waals surface area (Å²) in [6.07, 6.45) is 0.753. The largest absolute Gasteiger partial charge is 0.395 e. The second-order valence-electron chi connectivity index (χ2n) is 5.34. The summed E-state index contributed by atoms with van der Waals surface area (Å²) in [5.41, 5.74) is 0. The van der Waals surface area contributed by atoms with Crippen LogP contribution in [0.25, 0.3) is 0 Å². The van der Waals surface area contributed by atoms with Gasteiger partial charge in [0.05, 0.1) is 12.6 Å². The van der Waals surface area contributed by atoms with Crippen LogP contribution in [0.5, 0.6) is 0 Å². The molecule has 2 N–H and O–H groups in total. The Morgan fingerprint density at radius 2 is 2.19 bits per heavy atom. The second kappa shape index (κ2) is 7.53. The number of aryl methyl sites for hydroxylation is 1. The molecule has 2 heterocycles. The summed E-state index contributed by atoms with van der Waals surface area (Å²) in [6.45, 7) is 8.13. The fourth-order valence-electron chi connectivity index (χ4n) is 2.68. The molecule has 1 saturated heterocycles. The molecule has 0 radical (unpaired) electrons. The molecule has 7 heteroatoms. The van der Waals surface area contributed by atoms with Gasteiger partial charge < -0.3 is 14.9 Å². The Hall–Kier alpha value is -1.44. The van der Waals surface area contributed by atoms with Crippen molar-refractivity contribution in [2.45, 2.75) is 26.3 Å². The summed E-state index contributed by atoms with van der Waals surface area (Å²) in [5, 5.41) is 15.6. The number of amides is 1. The van der Waals surface area contributed by atoms with Gasteiger partial charge in [0.15, 0.2) is 5.82 Å². The third kappa shape index (κ3) is 4.26. The minimum atomic E-state index is -0.154. The molecule has 118 valence electrons. The molecule has 2 rings (SSSR count). The Kier molecular flexibility index (Phi) is 5.72. The molecule has 1 aliphatic rings. The fraction of sp³-hybridized carbons (Fsp3) is 0.714. The summed E-state index contributed by atoms with van der Waals surface area (Å²) in [6, 6.07) is 1.56. The molecule has 1 atom stereocenters. The van der Waals surface area contributed by atoms with Crippen LogP contribution < -0.4 is 5.32 Å². The molecule has 0 saturated carbocycles. The zero-order chi connectivity index (χ0) is 15.2. The van der Waals surface area contributed by atoms with Crippen LogP contribution in [0.3, 0.4) is 0 Å². The number of carbonyl (C=O) groups excluding carboxylic acids is 1. The van der Waals surface area contributed by atoms with Crippen molar-refractivity contribution in [1.29, 1.82) is 0 Å². The van der Waals surface area contributed by atoms with Crippen LogP contribution in [0.15, 0.2) is 10.6 Å². The zero-order valence-corrected chi connectivity index (χ0v) is 12.7. The molecule has 0 aromatic carbocycles. The number of hydrogen-bond acceptors (Lipinski definition) is 6. The smallest absolute Gasteiger partial charge is 0.242 e. The fourth-order valence-corrected chi connectivity index (χ4v) is 2.68. The van der Waals surface area contributed by atoms with Gasteiger partial charge in [0, 0.05) is 38.8 Å². The van der Waals surface area contributed by atoms with Gasteiger partial charge in [-0.3, -0.25) is 14.6 Å². The zero-order valence-electron chi connectivity index (χ0n) is 12.7. The lowest BCUT2D eigenvalue weighted by atomic mass is 10.1. The summed E-state index contributed by atoms with van der Waals surface area (Å²) in [7, 11) is 0. The van der Waals surface area contributed by atoms with Crippen molar-refractivity contribution in [3.63, 3.8) is 0 Å². The van der Waals surface area contributed by atoms with Gasteiger partial charge in [0.1, 0.15) is 5.76 Å². The van der Waals surface area contributed by atoms with Gasteiger partial charge in [-0.05, 0) is 13.3 Å². The number of aliphatic hydroxyl groups excluding tert-OH is 1. The van der Waals surface area contributed by atoms with Gasteiger partial charge in [-0.1, -0.05) is 12.1 Å². The molecular weight excluding hydrogens is 272 g/mol. The van der Waals surface area contributed by atoms with Gasteiger partial charge in [-0.25, -0.2) is 0 Å². The summed E-state index contributed by atoms with van der Waals surface area (Å²) >= 11 is 0. The topological polar surface area (TPSA) is 81.8 Å². The minimum Gasteiger partial charge on any atom is -0.395 e. The Bertz CT molecular complexity index is 455. The number of piperazine rings is 1. The third-order valence-corrected chi connectivity index (χ3v) is 3.83. The van der Waals surface area contributed by atoms with Crippen molar-refractivity contribution in [2.75, 3.05) is 44.6 Å². The Balaban J connectivity index is 1.89. The van der Waals surface area contributed by atoms with E-state index in [9.17, 15) is 4.79 Å². The summed E-state index contributed by atoms with van der Waals surface area (Å²) in [4.78, 5) is 16.8. The predicted octanol–water partition coefficient (Wildman–Crippen LogP) is 0.310. The van der Waals surface area contributed by atoms with Crippen molar-refractivity contribution >= 4 is 11.7 Å². The maximum atomic E-state index is 12.4. The molecule has 21 heavy (non-hydrogen) atoms. The Morgan fingerprint density at radius 3 is 2.71 bits per heavy atom. The molecule has 1 amide bonds. The van der Waals surface area contributed by atoms with Gasteiger partial charge in [-0.2, -0.15) is 0 Å². The van der Waals surface area contributed by atoms with Gasteiger partial charge in [-0.15, -0.1) is 0 Å². The standard InChI is InChI=1S/C14H24N4O3/c1-3-12(14(20)15-13-10-11(2)21-16-13)18-6-4-17(5-7-18)8-9-19/h10,12,19H,3-9H2,1-2H3,(H,15,16,20). The van der Waals surface area contributed by atoms with E-state index < -0.39 is 0 Å². The number of β-amino-alcohol motifs (C(OH)–C–C–N with tert-alkyl or cyclic N) is 1. The number of rotatable bonds is 6. The van der Waals surface area contributed by atoms with Crippen molar-refractivity contribution < 1.29 is 14.4 Å². The average Bonchev–Trinajstić information content (AvgIpc) is 2.87. The highest BCUT2D eigenvalue weighted by Crippen LogP contribution is 2.13. The SMILES string of the molecule is CCC(C(=O)Nc1cc(C)on1)N1CCN(CCO)CC1. The van der Waals surface area contributed by atoms with E-state index in [-0.39, 0.29) is 18.6 Å². The maximum Gasteiger partial charge on any atom is 0.242 e. The van der Waals surface area contributed by atoms with Crippen molar-refractivity contribution in [1.82, 2.24) is 15.0 Å². The molecular formula is C14H24N4O3. The van der Waals surface area contributed by atoms with Gasteiger partial charge in [0.2, 0.25) is 5.91 Å². The number of hydrogen-bond donors (Lipinski definition) is 2. The number of nitrogens with one attached hydrogen (secondary N) is 1. The van der Waals surface area contributed by atoms with E-state index in [0.717, 1.165) is 32.6 Å². The first-order valence-electron chi connectivity index (χ1n) is 7.45. The van der Waals surface area contributed by atoms with Crippen molar-refractivity contribution in [3.05, 3.63) is 11.8 Å². The van der Waals surface area contributed by atoms with Crippen LogP contribution in [-0.2, 0) is 4.79 Å². The van der Waals surface area contributed by atoms with E-state index in [1.165, 1.54) is 0 Å². The maximum absolute atomic E-state index is 12.4. The highest BCUT2D eigenvalue weighted by molar-refractivity contribution is 5.93. The first-order chi connectivity index (χ1) is 10.1. The van der Waals surface area contributed by atoms with E-state index in [4.69, 9.17) is 9.63 Å². The van der Waals surface area contributed by atoms with Crippen LogP contribution >= 0.6 is 0 Å². The molecule has 1 fully saturated rings.